The summed E-state index contributed by atoms with van der Waals surface area (Å²) in [4.78, 5) is 0. The molecule has 0 fully saturated rings. The molecule has 0 saturated heterocycles. The van der Waals surface area contributed by atoms with Crippen molar-refractivity contribution >= 4 is 33.2 Å². The molecule has 0 amide bonds. The van der Waals surface area contributed by atoms with E-state index >= 15 is 0 Å². The Labute approximate surface area is 133 Å². The first-order valence-corrected chi connectivity index (χ1v) is 7.66. The predicted molar refractivity (Wildman–Crippen MR) is 88.7 cm³/mol. The zero-order valence-corrected chi connectivity index (χ0v) is 13.8. The largest absolute Gasteiger partial charge is 0.491 e. The maximum atomic E-state index is 5.97. The maximum absolute atomic E-state index is 5.97. The van der Waals surface area contributed by atoms with Gasteiger partial charge in [0.15, 0.2) is 0 Å². The Morgan fingerprint density at radius 1 is 1.15 bits per heavy atom. The van der Waals surface area contributed by atoms with Crippen molar-refractivity contribution in [1.82, 2.24) is 0 Å². The number of hydrogen-bond donors (Lipinski definition) is 1. The molecule has 1 N–H and O–H groups in total. The second-order valence-corrected chi connectivity index (χ2v) is 6.05. The van der Waals surface area contributed by atoms with Gasteiger partial charge in [0.2, 0.25) is 0 Å². The molecule has 2 nitrogen and oxygen atoms in total. The number of benzene rings is 2. The van der Waals surface area contributed by atoms with Crippen molar-refractivity contribution in [3.8, 4) is 5.75 Å². The van der Waals surface area contributed by atoms with Crippen LogP contribution in [0.4, 0.5) is 5.69 Å². The van der Waals surface area contributed by atoms with E-state index in [2.05, 4.69) is 33.4 Å². The van der Waals surface area contributed by atoms with Crippen molar-refractivity contribution in [1.29, 1.82) is 0 Å². The second-order valence-electron chi connectivity index (χ2n) is 4.79. The van der Waals surface area contributed by atoms with E-state index < -0.39 is 0 Å². The Balaban J connectivity index is 1.95. The van der Waals surface area contributed by atoms with Crippen LogP contribution in [0.5, 0.6) is 5.75 Å². The number of hydrogen-bond acceptors (Lipinski definition) is 2. The summed E-state index contributed by atoms with van der Waals surface area (Å²) in [6.07, 6.45) is 0.199. The van der Waals surface area contributed by atoms with E-state index in [1.807, 2.05) is 44.2 Å². The first-order chi connectivity index (χ1) is 9.54. The summed E-state index contributed by atoms with van der Waals surface area (Å²) in [5.74, 6) is 0.901. The van der Waals surface area contributed by atoms with Gasteiger partial charge in [-0.3, -0.25) is 0 Å². The lowest BCUT2D eigenvalue weighted by atomic mass is 10.2. The number of halogens is 2. The van der Waals surface area contributed by atoms with E-state index in [1.165, 1.54) is 5.56 Å². The molecule has 0 atom stereocenters. The summed E-state index contributed by atoms with van der Waals surface area (Å²) in [5.41, 5.74) is 2.23. The van der Waals surface area contributed by atoms with Gasteiger partial charge in [-0.15, -0.1) is 0 Å². The van der Waals surface area contributed by atoms with Gasteiger partial charge in [-0.05, 0) is 65.7 Å². The highest BCUT2D eigenvalue weighted by Gasteiger charge is 2.00. The molecule has 2 aromatic rings. The van der Waals surface area contributed by atoms with Gasteiger partial charge < -0.3 is 10.1 Å². The minimum absolute atomic E-state index is 0.199. The lowest BCUT2D eigenvalue weighted by Crippen LogP contribution is -2.05. The fourth-order valence-electron chi connectivity index (χ4n) is 1.77. The number of rotatable bonds is 5. The Morgan fingerprint density at radius 2 is 1.85 bits per heavy atom. The molecule has 0 heterocycles. The van der Waals surface area contributed by atoms with E-state index in [0.717, 1.165) is 22.5 Å². The topological polar surface area (TPSA) is 21.3 Å². The van der Waals surface area contributed by atoms with Crippen LogP contribution in [0.15, 0.2) is 46.9 Å². The predicted octanol–water partition coefficient (Wildman–Crippen LogP) is 5.50. The van der Waals surface area contributed by atoms with Crippen molar-refractivity contribution in [3.63, 3.8) is 0 Å². The molecule has 106 valence electrons. The first kappa shape index (κ1) is 15.2. The van der Waals surface area contributed by atoms with Crippen molar-refractivity contribution in [2.45, 2.75) is 26.5 Å². The Bertz CT molecular complexity index is 569. The monoisotopic (exact) mass is 353 g/mol. The molecule has 0 spiro atoms. The van der Waals surface area contributed by atoms with Gasteiger partial charge in [-0.2, -0.15) is 0 Å². The minimum Gasteiger partial charge on any atom is -0.491 e. The number of ether oxygens (including phenoxy) is 1. The van der Waals surface area contributed by atoms with Crippen LogP contribution in [-0.4, -0.2) is 6.10 Å². The van der Waals surface area contributed by atoms with Crippen molar-refractivity contribution < 1.29 is 4.74 Å². The molecule has 0 aliphatic carbocycles. The second kappa shape index (κ2) is 7.00. The molecule has 0 aliphatic rings. The molecule has 0 radical (unpaired) electrons. The summed E-state index contributed by atoms with van der Waals surface area (Å²) < 4.78 is 6.51. The van der Waals surface area contributed by atoms with Gasteiger partial charge in [0.1, 0.15) is 5.75 Å². The Morgan fingerprint density at radius 3 is 2.45 bits per heavy atom. The van der Waals surface area contributed by atoms with E-state index in [1.54, 1.807) is 0 Å². The van der Waals surface area contributed by atoms with Crippen molar-refractivity contribution in [3.05, 3.63) is 57.5 Å². The van der Waals surface area contributed by atoms with Crippen LogP contribution >= 0.6 is 27.5 Å². The average Bonchev–Trinajstić information content (AvgIpc) is 2.41. The summed E-state index contributed by atoms with van der Waals surface area (Å²) in [6.45, 7) is 4.80. The third-order valence-corrected chi connectivity index (χ3v) is 3.93. The molecule has 2 rings (SSSR count). The zero-order valence-electron chi connectivity index (χ0n) is 11.5. The smallest absolute Gasteiger partial charge is 0.119 e. The SMILES string of the molecule is CC(C)Oc1ccc(CNc2ccc(Cl)c(Br)c2)cc1. The van der Waals surface area contributed by atoms with Gasteiger partial charge in [-0.25, -0.2) is 0 Å². The van der Waals surface area contributed by atoms with Crippen LogP contribution in [-0.2, 0) is 6.54 Å². The van der Waals surface area contributed by atoms with E-state index in [4.69, 9.17) is 16.3 Å². The summed E-state index contributed by atoms with van der Waals surface area (Å²) in [5, 5.41) is 4.07. The zero-order chi connectivity index (χ0) is 14.5. The Hall–Kier alpha value is -1.19. The lowest BCUT2D eigenvalue weighted by Gasteiger charge is -2.11. The molecule has 0 aliphatic heterocycles. The molecule has 0 bridgehead atoms. The maximum Gasteiger partial charge on any atom is 0.119 e. The van der Waals surface area contributed by atoms with Crippen LogP contribution in [0.3, 0.4) is 0 Å². The van der Waals surface area contributed by atoms with Gasteiger partial charge in [0.05, 0.1) is 11.1 Å². The third-order valence-electron chi connectivity index (χ3n) is 2.71. The van der Waals surface area contributed by atoms with Gasteiger partial charge in [0, 0.05) is 16.7 Å². The van der Waals surface area contributed by atoms with Crippen LogP contribution in [0.2, 0.25) is 5.02 Å². The summed E-state index contributed by atoms with van der Waals surface area (Å²) in [7, 11) is 0. The van der Waals surface area contributed by atoms with Crippen LogP contribution in [0.25, 0.3) is 0 Å². The molecule has 4 heteroatoms. The fourth-order valence-corrected chi connectivity index (χ4v) is 2.26. The lowest BCUT2D eigenvalue weighted by molar-refractivity contribution is 0.242. The Kier molecular flexibility index (Phi) is 5.32. The average molecular weight is 355 g/mol. The molecular formula is C16H17BrClNO. The standard InChI is InChI=1S/C16H17BrClNO/c1-11(2)20-14-6-3-12(4-7-14)10-19-13-5-8-16(18)15(17)9-13/h3-9,11,19H,10H2,1-2H3. The number of anilines is 1. The molecule has 20 heavy (non-hydrogen) atoms. The molecule has 0 unspecified atom stereocenters. The molecule has 2 aromatic carbocycles. The summed E-state index contributed by atoms with van der Waals surface area (Å²) in [6, 6.07) is 13.9. The quantitative estimate of drug-likeness (QED) is 0.765. The van der Waals surface area contributed by atoms with Crippen molar-refractivity contribution in [2.24, 2.45) is 0 Å². The van der Waals surface area contributed by atoms with E-state index in [-0.39, 0.29) is 6.10 Å². The number of nitrogens with one attached hydrogen (secondary N) is 1. The van der Waals surface area contributed by atoms with Crippen LogP contribution < -0.4 is 10.1 Å². The van der Waals surface area contributed by atoms with Crippen LogP contribution in [0, 0.1) is 0 Å². The highest BCUT2D eigenvalue weighted by atomic mass is 79.9. The normalized spacial score (nSPS) is 10.7. The highest BCUT2D eigenvalue weighted by molar-refractivity contribution is 9.10. The third kappa shape index (κ3) is 4.43. The van der Waals surface area contributed by atoms with Crippen molar-refractivity contribution in [2.75, 3.05) is 5.32 Å². The molecule has 0 saturated carbocycles. The molecular weight excluding hydrogens is 338 g/mol. The fraction of sp³-hybridized carbons (Fsp3) is 0.250. The van der Waals surface area contributed by atoms with E-state index in [9.17, 15) is 0 Å². The van der Waals surface area contributed by atoms with Gasteiger partial charge in [0.25, 0.3) is 0 Å². The van der Waals surface area contributed by atoms with Gasteiger partial charge >= 0.3 is 0 Å². The molecule has 0 aromatic heterocycles. The van der Waals surface area contributed by atoms with Crippen LogP contribution in [0.1, 0.15) is 19.4 Å². The van der Waals surface area contributed by atoms with E-state index in [0.29, 0.717) is 5.02 Å². The minimum atomic E-state index is 0.199. The summed E-state index contributed by atoms with van der Waals surface area (Å²) >= 11 is 9.38. The van der Waals surface area contributed by atoms with Gasteiger partial charge in [-0.1, -0.05) is 23.7 Å². The highest BCUT2D eigenvalue weighted by Crippen LogP contribution is 2.25. The first-order valence-electron chi connectivity index (χ1n) is 6.49.